The second-order valence-corrected chi connectivity index (χ2v) is 5.48. The quantitative estimate of drug-likeness (QED) is 0.508. The fourth-order valence-electron chi connectivity index (χ4n) is 2.17. The van der Waals surface area contributed by atoms with Crippen LogP contribution < -0.4 is 10.6 Å². The molecule has 0 unspecified atom stereocenters. The van der Waals surface area contributed by atoms with Gasteiger partial charge in [0.2, 0.25) is 0 Å². The predicted octanol–water partition coefficient (Wildman–Crippen LogP) is 2.26. The van der Waals surface area contributed by atoms with Crippen molar-refractivity contribution in [2.75, 3.05) is 5.32 Å². The number of rotatable bonds is 3. The van der Waals surface area contributed by atoms with Crippen LogP contribution in [0.3, 0.4) is 0 Å². The molecule has 1 aromatic carbocycles. The molecule has 2 amide bonds. The topological polar surface area (TPSA) is 82.0 Å². The zero-order valence-electron chi connectivity index (χ0n) is 10.9. The Balaban J connectivity index is 1.86. The Morgan fingerprint density at radius 3 is 2.40 bits per heavy atom. The van der Waals surface area contributed by atoms with Crippen LogP contribution in [0, 0.1) is 10.7 Å². The molecule has 1 aliphatic carbocycles. The number of benzene rings is 1. The Morgan fingerprint density at radius 2 is 1.80 bits per heavy atom. The van der Waals surface area contributed by atoms with Crippen molar-refractivity contribution < 1.29 is 9.59 Å². The Hall–Kier alpha value is -2.00. The Labute approximate surface area is 121 Å². The van der Waals surface area contributed by atoms with E-state index in [4.69, 9.17) is 5.26 Å². The zero-order chi connectivity index (χ0) is 14.4. The van der Waals surface area contributed by atoms with Gasteiger partial charge in [0.1, 0.15) is 5.40 Å². The zero-order valence-corrected chi connectivity index (χ0v) is 11.7. The second-order valence-electron chi connectivity index (χ2n) is 4.63. The van der Waals surface area contributed by atoms with Crippen LogP contribution in [0.2, 0.25) is 0 Å². The van der Waals surface area contributed by atoms with E-state index in [1.807, 2.05) is 5.40 Å². The lowest BCUT2D eigenvalue weighted by Gasteiger charge is -2.11. The van der Waals surface area contributed by atoms with Crippen molar-refractivity contribution in [3.63, 3.8) is 0 Å². The molecule has 1 aliphatic rings. The number of thioether (sulfide) groups is 1. The van der Waals surface area contributed by atoms with Gasteiger partial charge in [0.05, 0.1) is 0 Å². The van der Waals surface area contributed by atoms with Gasteiger partial charge in [0, 0.05) is 16.6 Å². The molecule has 0 aliphatic heterocycles. The summed E-state index contributed by atoms with van der Waals surface area (Å²) < 4.78 is 0. The average Bonchev–Trinajstić information content (AvgIpc) is 2.94. The number of hydrogen-bond donors (Lipinski definition) is 2. The number of nitrogens with one attached hydrogen (secondary N) is 2. The minimum atomic E-state index is -0.655. The lowest BCUT2D eigenvalue weighted by atomic mass is 10.2. The van der Waals surface area contributed by atoms with Crippen LogP contribution in [0.5, 0.6) is 0 Å². The molecule has 2 N–H and O–H groups in total. The highest BCUT2D eigenvalue weighted by molar-refractivity contribution is 8.03. The Bertz CT molecular complexity index is 530. The maximum absolute atomic E-state index is 11.7. The first-order valence-electron chi connectivity index (χ1n) is 6.47. The monoisotopic (exact) mass is 289 g/mol. The molecule has 20 heavy (non-hydrogen) atoms. The third-order valence-electron chi connectivity index (χ3n) is 3.17. The number of carbonyl (C=O) groups is 2. The molecule has 5 nitrogen and oxygen atoms in total. The molecule has 0 aromatic heterocycles. The molecular formula is C14H15N3O2S. The molecule has 2 rings (SSSR count). The van der Waals surface area contributed by atoms with Gasteiger partial charge in [-0.1, -0.05) is 12.8 Å². The van der Waals surface area contributed by atoms with E-state index in [0.717, 1.165) is 42.3 Å². The maximum Gasteiger partial charge on any atom is 0.313 e. The van der Waals surface area contributed by atoms with Crippen molar-refractivity contribution in [2.24, 2.45) is 0 Å². The van der Waals surface area contributed by atoms with Gasteiger partial charge in [-0.15, -0.1) is 0 Å². The molecule has 0 bridgehead atoms. The van der Waals surface area contributed by atoms with E-state index in [1.54, 1.807) is 24.3 Å². The lowest BCUT2D eigenvalue weighted by molar-refractivity contribution is -0.136. The number of hydrogen-bond acceptors (Lipinski definition) is 4. The average molecular weight is 289 g/mol. The van der Waals surface area contributed by atoms with E-state index in [-0.39, 0.29) is 6.04 Å². The fourth-order valence-corrected chi connectivity index (χ4v) is 2.55. The SMILES string of the molecule is N#CSc1ccc(NC(=O)C(=O)NC2CCCC2)cc1. The third kappa shape index (κ3) is 4.00. The summed E-state index contributed by atoms with van der Waals surface area (Å²) in [4.78, 5) is 24.2. The van der Waals surface area contributed by atoms with Crippen molar-refractivity contribution in [2.45, 2.75) is 36.6 Å². The van der Waals surface area contributed by atoms with Gasteiger partial charge in [-0.25, -0.2) is 0 Å². The van der Waals surface area contributed by atoms with Crippen LogP contribution in [-0.2, 0) is 9.59 Å². The van der Waals surface area contributed by atoms with Crippen LogP contribution in [0.1, 0.15) is 25.7 Å². The van der Waals surface area contributed by atoms with Crippen molar-refractivity contribution in [3.8, 4) is 5.40 Å². The van der Waals surface area contributed by atoms with Crippen LogP contribution in [0.15, 0.2) is 29.2 Å². The number of nitrogens with zero attached hydrogens (tertiary/aromatic N) is 1. The van der Waals surface area contributed by atoms with Gasteiger partial charge in [0.25, 0.3) is 0 Å². The van der Waals surface area contributed by atoms with Crippen molar-refractivity contribution >= 4 is 29.3 Å². The van der Waals surface area contributed by atoms with Crippen LogP contribution >= 0.6 is 11.8 Å². The van der Waals surface area contributed by atoms with Gasteiger partial charge in [-0.05, 0) is 48.9 Å². The molecule has 0 saturated heterocycles. The second kappa shape index (κ2) is 6.96. The summed E-state index contributed by atoms with van der Waals surface area (Å²) in [5, 5.41) is 15.8. The number of thiocyanates is 1. The van der Waals surface area contributed by atoms with Gasteiger partial charge in [0.15, 0.2) is 0 Å². The van der Waals surface area contributed by atoms with Crippen molar-refractivity contribution in [3.05, 3.63) is 24.3 Å². The van der Waals surface area contributed by atoms with E-state index in [9.17, 15) is 9.59 Å². The summed E-state index contributed by atoms with van der Waals surface area (Å²) >= 11 is 1.04. The smallest absolute Gasteiger partial charge is 0.313 e. The first-order chi connectivity index (χ1) is 9.69. The highest BCUT2D eigenvalue weighted by Crippen LogP contribution is 2.19. The minimum Gasteiger partial charge on any atom is -0.345 e. The molecule has 0 radical (unpaired) electrons. The van der Waals surface area contributed by atoms with Crippen LogP contribution in [0.25, 0.3) is 0 Å². The first-order valence-corrected chi connectivity index (χ1v) is 7.28. The molecule has 0 spiro atoms. The summed E-state index contributed by atoms with van der Waals surface area (Å²) in [7, 11) is 0. The molecular weight excluding hydrogens is 274 g/mol. The van der Waals surface area contributed by atoms with E-state index in [1.165, 1.54) is 0 Å². The molecule has 0 heterocycles. The predicted molar refractivity (Wildman–Crippen MR) is 76.9 cm³/mol. The molecule has 104 valence electrons. The number of amides is 2. The van der Waals surface area contributed by atoms with Crippen molar-refractivity contribution in [1.29, 1.82) is 5.26 Å². The normalized spacial score (nSPS) is 14.6. The standard InChI is InChI=1S/C14H15N3O2S/c15-9-20-12-7-5-11(6-8-12)17-14(19)13(18)16-10-3-1-2-4-10/h5-8,10H,1-4H2,(H,16,18)(H,17,19). The van der Waals surface area contributed by atoms with Gasteiger partial charge in [-0.3, -0.25) is 9.59 Å². The van der Waals surface area contributed by atoms with Crippen molar-refractivity contribution in [1.82, 2.24) is 5.32 Å². The summed E-state index contributed by atoms with van der Waals surface area (Å²) in [6.45, 7) is 0. The van der Waals surface area contributed by atoms with E-state index in [2.05, 4.69) is 10.6 Å². The summed E-state index contributed by atoms with van der Waals surface area (Å²) in [5.74, 6) is -1.25. The lowest BCUT2D eigenvalue weighted by Crippen LogP contribution is -2.40. The molecule has 0 atom stereocenters. The van der Waals surface area contributed by atoms with Gasteiger partial charge in [-0.2, -0.15) is 5.26 Å². The molecule has 1 saturated carbocycles. The summed E-state index contributed by atoms with van der Waals surface area (Å²) in [6.07, 6.45) is 4.09. The molecule has 1 fully saturated rings. The summed E-state index contributed by atoms with van der Waals surface area (Å²) in [6, 6.07) is 6.90. The number of nitriles is 1. The first kappa shape index (κ1) is 14.4. The highest BCUT2D eigenvalue weighted by Gasteiger charge is 2.21. The van der Waals surface area contributed by atoms with Gasteiger partial charge >= 0.3 is 11.8 Å². The maximum atomic E-state index is 11.7. The Morgan fingerprint density at radius 1 is 1.15 bits per heavy atom. The van der Waals surface area contributed by atoms with Crippen LogP contribution in [-0.4, -0.2) is 17.9 Å². The number of anilines is 1. The van der Waals surface area contributed by atoms with E-state index < -0.39 is 11.8 Å². The molecule has 1 aromatic rings. The number of carbonyl (C=O) groups excluding carboxylic acids is 2. The third-order valence-corrected chi connectivity index (χ3v) is 3.77. The van der Waals surface area contributed by atoms with E-state index >= 15 is 0 Å². The molecule has 6 heteroatoms. The van der Waals surface area contributed by atoms with E-state index in [0.29, 0.717) is 5.69 Å². The largest absolute Gasteiger partial charge is 0.345 e. The summed E-state index contributed by atoms with van der Waals surface area (Å²) in [5.41, 5.74) is 0.541. The highest BCUT2D eigenvalue weighted by atomic mass is 32.2. The fraction of sp³-hybridized carbons (Fsp3) is 0.357. The van der Waals surface area contributed by atoms with Crippen LogP contribution in [0.4, 0.5) is 5.69 Å². The van der Waals surface area contributed by atoms with Gasteiger partial charge < -0.3 is 10.6 Å². The Kier molecular flexibility index (Phi) is 5.02. The minimum absolute atomic E-state index is 0.127.